The van der Waals surface area contributed by atoms with Gasteiger partial charge in [-0.3, -0.25) is 0 Å². The molecule has 1 nitrogen and oxygen atoms in total. The van der Waals surface area contributed by atoms with Gasteiger partial charge in [0.1, 0.15) is 0 Å². The lowest BCUT2D eigenvalue weighted by molar-refractivity contribution is 0.860. The summed E-state index contributed by atoms with van der Waals surface area (Å²) in [6.45, 7) is 12.0. The van der Waals surface area contributed by atoms with Gasteiger partial charge in [-0.15, -0.1) is 0 Å². The molecule has 0 atom stereocenters. The van der Waals surface area contributed by atoms with Gasteiger partial charge in [-0.25, -0.2) is 0 Å². The molecule has 1 aromatic heterocycles. The van der Waals surface area contributed by atoms with E-state index in [1.54, 1.807) is 0 Å². The Kier molecular flexibility index (Phi) is 1.66. The number of aromatic nitrogens is 1. The number of H-pyrrole nitrogens is 1. The fourth-order valence-electron chi connectivity index (χ4n) is 1.09. The molecular weight excluding hydrogens is 122 g/mol. The fourth-order valence-corrected chi connectivity index (χ4v) is 1.09. The minimum atomic E-state index is 0.541. The molecule has 1 rings (SSSR count). The normalized spacial score (nSPS) is 10.7. The van der Waals surface area contributed by atoms with Crippen LogP contribution in [0.5, 0.6) is 0 Å². The molecule has 0 aliphatic rings. The molecule has 1 heteroatoms. The van der Waals surface area contributed by atoms with Crippen LogP contribution in [0.1, 0.15) is 25.3 Å². The van der Waals surface area contributed by atoms with Crippen LogP contribution in [0, 0.1) is 0 Å². The molecule has 1 N–H and O–H groups in total. The molecule has 0 radical (unpaired) electrons. The largest absolute Gasteiger partial charge is 0.356 e. The first kappa shape index (κ1) is 7.13. The number of aromatic amines is 1. The monoisotopic (exact) mass is 135 g/mol. The highest BCUT2D eigenvalue weighted by Gasteiger charge is 1.99. The first-order chi connectivity index (χ1) is 4.61. The number of nitrogens with one attached hydrogen (secondary N) is 1. The predicted octanol–water partition coefficient (Wildman–Crippen LogP) is 0.959. The van der Waals surface area contributed by atoms with Crippen LogP contribution in [-0.4, -0.2) is 4.98 Å². The summed E-state index contributed by atoms with van der Waals surface area (Å²) in [6.07, 6.45) is 0. The smallest absolute Gasteiger partial charge is 0.0346 e. The Balaban J connectivity index is 3.29. The molecule has 1 heterocycles. The highest BCUT2D eigenvalue weighted by Crippen LogP contribution is 2.04. The second-order valence-corrected chi connectivity index (χ2v) is 2.88. The van der Waals surface area contributed by atoms with Crippen molar-refractivity contribution in [3.05, 3.63) is 22.3 Å². The Morgan fingerprint density at radius 2 is 2.00 bits per heavy atom. The quantitative estimate of drug-likeness (QED) is 0.590. The van der Waals surface area contributed by atoms with Crippen LogP contribution in [0.15, 0.2) is 6.07 Å². The molecule has 0 aliphatic heterocycles. The molecule has 0 fully saturated rings. The standard InChI is InChI=1S/C9H13N/c1-6(2)9-5-7(3)10-8(9)4/h5-6,10H,3-4H2,1-2H3. The van der Waals surface area contributed by atoms with Gasteiger partial charge in [0, 0.05) is 10.7 Å². The molecule has 0 unspecified atom stereocenters. The third kappa shape index (κ3) is 1.13. The minimum absolute atomic E-state index is 0.541. The van der Waals surface area contributed by atoms with Crippen molar-refractivity contribution in [2.45, 2.75) is 19.8 Å². The van der Waals surface area contributed by atoms with Crippen molar-refractivity contribution >= 4 is 13.2 Å². The molecule has 10 heavy (non-hydrogen) atoms. The summed E-state index contributed by atoms with van der Waals surface area (Å²) in [5.74, 6) is 0.541. The third-order valence-corrected chi connectivity index (χ3v) is 1.61. The van der Waals surface area contributed by atoms with Gasteiger partial charge in [0.2, 0.25) is 0 Å². The van der Waals surface area contributed by atoms with Crippen LogP contribution in [0.4, 0.5) is 0 Å². The van der Waals surface area contributed by atoms with E-state index in [-0.39, 0.29) is 0 Å². The van der Waals surface area contributed by atoms with Crippen molar-refractivity contribution in [2.24, 2.45) is 0 Å². The van der Waals surface area contributed by atoms with Gasteiger partial charge in [-0.1, -0.05) is 27.0 Å². The van der Waals surface area contributed by atoms with E-state index >= 15 is 0 Å². The van der Waals surface area contributed by atoms with Crippen LogP contribution in [-0.2, 0) is 0 Å². The summed E-state index contributed by atoms with van der Waals surface area (Å²) in [7, 11) is 0. The van der Waals surface area contributed by atoms with Crippen LogP contribution >= 0.6 is 0 Å². The maximum atomic E-state index is 3.87. The second-order valence-electron chi connectivity index (χ2n) is 2.88. The van der Waals surface area contributed by atoms with Crippen molar-refractivity contribution < 1.29 is 0 Å². The number of rotatable bonds is 1. The maximum absolute atomic E-state index is 3.87. The average Bonchev–Trinajstić information content (AvgIpc) is 2.10. The zero-order chi connectivity index (χ0) is 7.72. The zero-order valence-corrected chi connectivity index (χ0v) is 6.57. The van der Waals surface area contributed by atoms with Gasteiger partial charge >= 0.3 is 0 Å². The van der Waals surface area contributed by atoms with E-state index in [2.05, 4.69) is 32.0 Å². The SMILES string of the molecule is C=c1cc(C(C)C)c(=C)[nH]1. The van der Waals surface area contributed by atoms with E-state index in [0.29, 0.717) is 5.92 Å². The second kappa shape index (κ2) is 2.33. The van der Waals surface area contributed by atoms with Crippen LogP contribution < -0.4 is 10.7 Å². The Morgan fingerprint density at radius 1 is 1.40 bits per heavy atom. The van der Waals surface area contributed by atoms with Gasteiger partial charge in [0.25, 0.3) is 0 Å². The third-order valence-electron chi connectivity index (χ3n) is 1.61. The van der Waals surface area contributed by atoms with E-state index in [1.165, 1.54) is 5.56 Å². The lowest BCUT2D eigenvalue weighted by Gasteiger charge is -1.97. The Morgan fingerprint density at radius 3 is 2.20 bits per heavy atom. The van der Waals surface area contributed by atoms with Crippen molar-refractivity contribution in [1.82, 2.24) is 4.98 Å². The van der Waals surface area contributed by atoms with E-state index < -0.39 is 0 Å². The lowest BCUT2D eigenvalue weighted by Crippen LogP contribution is -2.08. The average molecular weight is 135 g/mol. The van der Waals surface area contributed by atoms with Crippen LogP contribution in [0.3, 0.4) is 0 Å². The summed E-state index contributed by atoms with van der Waals surface area (Å²) in [4.78, 5) is 3.07. The number of hydrogen-bond acceptors (Lipinski definition) is 0. The van der Waals surface area contributed by atoms with Crippen molar-refractivity contribution in [3.8, 4) is 0 Å². The van der Waals surface area contributed by atoms with Gasteiger partial charge in [-0.2, -0.15) is 0 Å². The van der Waals surface area contributed by atoms with Crippen LogP contribution in [0.25, 0.3) is 13.2 Å². The summed E-state index contributed by atoms with van der Waals surface area (Å²) < 4.78 is 0. The Bertz CT molecular complexity index is 306. The first-order valence-electron chi connectivity index (χ1n) is 3.48. The Labute approximate surface area is 61.1 Å². The zero-order valence-electron chi connectivity index (χ0n) is 6.57. The number of hydrogen-bond donors (Lipinski definition) is 1. The lowest BCUT2D eigenvalue weighted by atomic mass is 10.1. The summed E-state index contributed by atoms with van der Waals surface area (Å²) in [5.41, 5.74) is 1.27. The highest BCUT2D eigenvalue weighted by atomic mass is 14.7. The van der Waals surface area contributed by atoms with Crippen molar-refractivity contribution in [2.75, 3.05) is 0 Å². The first-order valence-corrected chi connectivity index (χ1v) is 3.48. The molecule has 0 saturated heterocycles. The molecule has 0 aliphatic carbocycles. The van der Waals surface area contributed by atoms with E-state index in [0.717, 1.165) is 10.7 Å². The van der Waals surface area contributed by atoms with E-state index in [4.69, 9.17) is 0 Å². The minimum Gasteiger partial charge on any atom is -0.356 e. The van der Waals surface area contributed by atoms with Gasteiger partial charge in [0.15, 0.2) is 0 Å². The molecule has 0 aromatic carbocycles. The van der Waals surface area contributed by atoms with Gasteiger partial charge in [0.05, 0.1) is 0 Å². The molecular formula is C9H13N. The van der Waals surface area contributed by atoms with Crippen molar-refractivity contribution in [1.29, 1.82) is 0 Å². The predicted molar refractivity (Wildman–Crippen MR) is 45.2 cm³/mol. The molecule has 0 bridgehead atoms. The van der Waals surface area contributed by atoms with Crippen LogP contribution in [0.2, 0.25) is 0 Å². The molecule has 0 spiro atoms. The summed E-state index contributed by atoms with van der Waals surface area (Å²) >= 11 is 0. The topological polar surface area (TPSA) is 15.8 Å². The fraction of sp³-hybridized carbons (Fsp3) is 0.333. The summed E-state index contributed by atoms with van der Waals surface area (Å²) in [5, 5.41) is 1.95. The molecule has 0 amide bonds. The molecule has 54 valence electrons. The maximum Gasteiger partial charge on any atom is 0.0346 e. The van der Waals surface area contributed by atoms with Gasteiger partial charge < -0.3 is 4.98 Å². The van der Waals surface area contributed by atoms with Gasteiger partial charge in [-0.05, 0) is 17.5 Å². The van der Waals surface area contributed by atoms with E-state index in [1.807, 2.05) is 6.07 Å². The highest BCUT2D eigenvalue weighted by molar-refractivity contribution is 5.21. The van der Waals surface area contributed by atoms with E-state index in [9.17, 15) is 0 Å². The Hall–Kier alpha value is -0.980. The molecule has 1 aromatic rings. The summed E-state index contributed by atoms with van der Waals surface area (Å²) in [6, 6.07) is 2.05. The molecule has 0 saturated carbocycles. The van der Waals surface area contributed by atoms with Crippen molar-refractivity contribution in [3.63, 3.8) is 0 Å².